The molecule has 3 rings (SSSR count). The Bertz CT molecular complexity index is 738. The highest BCUT2D eigenvalue weighted by molar-refractivity contribution is 6.06. The molecule has 0 saturated carbocycles. The minimum absolute atomic E-state index is 0.223. The maximum absolute atomic E-state index is 12.3. The second kappa shape index (κ2) is 6.58. The standard InChI is InChI=1S/C17H16N4O/c22-17(20-14-9-5-2-6-10-14)16-15(12-19-21-16)18-11-13-7-3-1-4-8-13/h1-10,12,18H,11H2,(H,19,21)(H,20,22). The fraction of sp³-hybridized carbons (Fsp3) is 0.0588. The number of aromatic nitrogens is 2. The van der Waals surface area contributed by atoms with Crippen LogP contribution in [0.25, 0.3) is 0 Å². The van der Waals surface area contributed by atoms with Crippen LogP contribution in [0.2, 0.25) is 0 Å². The van der Waals surface area contributed by atoms with Crippen molar-refractivity contribution in [1.29, 1.82) is 0 Å². The van der Waals surface area contributed by atoms with Crippen LogP contribution in [0.15, 0.2) is 66.9 Å². The van der Waals surface area contributed by atoms with Gasteiger partial charge >= 0.3 is 0 Å². The molecule has 0 bridgehead atoms. The average Bonchev–Trinajstić information content (AvgIpc) is 3.03. The molecule has 22 heavy (non-hydrogen) atoms. The summed E-state index contributed by atoms with van der Waals surface area (Å²) >= 11 is 0. The molecule has 1 heterocycles. The Morgan fingerprint density at radius 3 is 2.41 bits per heavy atom. The summed E-state index contributed by atoms with van der Waals surface area (Å²) in [7, 11) is 0. The highest BCUT2D eigenvalue weighted by Crippen LogP contribution is 2.15. The fourth-order valence-electron chi connectivity index (χ4n) is 2.10. The zero-order chi connectivity index (χ0) is 15.2. The van der Waals surface area contributed by atoms with Gasteiger partial charge in [-0.25, -0.2) is 0 Å². The van der Waals surface area contributed by atoms with E-state index in [1.165, 1.54) is 0 Å². The molecule has 0 radical (unpaired) electrons. The number of carbonyl (C=O) groups excluding carboxylic acids is 1. The second-order valence-corrected chi connectivity index (χ2v) is 4.82. The molecule has 1 amide bonds. The van der Waals surface area contributed by atoms with Gasteiger partial charge in [-0.2, -0.15) is 5.10 Å². The van der Waals surface area contributed by atoms with E-state index in [-0.39, 0.29) is 5.91 Å². The van der Waals surface area contributed by atoms with Gasteiger partial charge in [0.1, 0.15) is 5.69 Å². The third-order valence-electron chi connectivity index (χ3n) is 3.22. The molecule has 3 N–H and O–H groups in total. The van der Waals surface area contributed by atoms with Crippen LogP contribution in [0, 0.1) is 0 Å². The van der Waals surface area contributed by atoms with E-state index in [2.05, 4.69) is 20.8 Å². The van der Waals surface area contributed by atoms with Gasteiger partial charge in [0.2, 0.25) is 0 Å². The minimum Gasteiger partial charge on any atom is -0.378 e. The van der Waals surface area contributed by atoms with Crippen LogP contribution in [-0.4, -0.2) is 16.1 Å². The third-order valence-corrected chi connectivity index (χ3v) is 3.22. The minimum atomic E-state index is -0.223. The van der Waals surface area contributed by atoms with Gasteiger partial charge in [0, 0.05) is 12.2 Å². The number of hydrogen-bond acceptors (Lipinski definition) is 3. The number of para-hydroxylation sites is 1. The number of hydrogen-bond donors (Lipinski definition) is 3. The number of rotatable bonds is 5. The fourth-order valence-corrected chi connectivity index (χ4v) is 2.10. The van der Waals surface area contributed by atoms with Crippen molar-refractivity contribution in [2.24, 2.45) is 0 Å². The van der Waals surface area contributed by atoms with Gasteiger partial charge in [0.15, 0.2) is 0 Å². The van der Waals surface area contributed by atoms with E-state index in [9.17, 15) is 4.79 Å². The van der Waals surface area contributed by atoms with Crippen molar-refractivity contribution in [2.45, 2.75) is 6.54 Å². The van der Waals surface area contributed by atoms with Crippen molar-refractivity contribution in [3.8, 4) is 0 Å². The lowest BCUT2D eigenvalue weighted by molar-refractivity contribution is 0.102. The number of benzene rings is 2. The highest BCUT2D eigenvalue weighted by Gasteiger charge is 2.13. The van der Waals surface area contributed by atoms with Crippen molar-refractivity contribution in [1.82, 2.24) is 10.2 Å². The SMILES string of the molecule is O=C(Nc1ccccc1)c1[nH]ncc1NCc1ccccc1. The molecule has 0 atom stereocenters. The lowest BCUT2D eigenvalue weighted by atomic mass is 10.2. The number of nitrogens with zero attached hydrogens (tertiary/aromatic N) is 1. The molecule has 3 aromatic rings. The van der Waals surface area contributed by atoms with Crippen molar-refractivity contribution < 1.29 is 4.79 Å². The van der Waals surface area contributed by atoms with Crippen LogP contribution < -0.4 is 10.6 Å². The van der Waals surface area contributed by atoms with Gasteiger partial charge in [-0.1, -0.05) is 48.5 Å². The number of anilines is 2. The Balaban J connectivity index is 1.68. The van der Waals surface area contributed by atoms with E-state index in [4.69, 9.17) is 0 Å². The first kappa shape index (κ1) is 13.9. The Labute approximate surface area is 128 Å². The molecule has 0 spiro atoms. The van der Waals surface area contributed by atoms with Crippen LogP contribution in [0.4, 0.5) is 11.4 Å². The number of carbonyl (C=O) groups is 1. The van der Waals surface area contributed by atoms with E-state index >= 15 is 0 Å². The van der Waals surface area contributed by atoms with Crippen molar-refractivity contribution in [3.63, 3.8) is 0 Å². The molecule has 110 valence electrons. The Hall–Kier alpha value is -3.08. The van der Waals surface area contributed by atoms with E-state index in [0.717, 1.165) is 11.3 Å². The zero-order valence-corrected chi connectivity index (χ0v) is 11.9. The summed E-state index contributed by atoms with van der Waals surface area (Å²) in [6, 6.07) is 19.3. The molecule has 0 aliphatic carbocycles. The predicted molar refractivity (Wildman–Crippen MR) is 86.8 cm³/mol. The molecule has 0 unspecified atom stereocenters. The molecule has 1 aromatic heterocycles. The molecule has 0 saturated heterocycles. The van der Waals surface area contributed by atoms with Gasteiger partial charge in [0.05, 0.1) is 11.9 Å². The molecule has 5 nitrogen and oxygen atoms in total. The Kier molecular flexibility index (Phi) is 4.15. The van der Waals surface area contributed by atoms with Gasteiger partial charge in [-0.15, -0.1) is 0 Å². The lowest BCUT2D eigenvalue weighted by Gasteiger charge is -2.08. The molecule has 2 aromatic carbocycles. The van der Waals surface area contributed by atoms with Gasteiger partial charge in [0.25, 0.3) is 5.91 Å². The molecule has 0 fully saturated rings. The van der Waals surface area contributed by atoms with Gasteiger partial charge in [-0.3, -0.25) is 9.89 Å². The van der Waals surface area contributed by atoms with Gasteiger partial charge in [-0.05, 0) is 17.7 Å². The Morgan fingerprint density at radius 1 is 1.00 bits per heavy atom. The van der Waals surface area contributed by atoms with Crippen molar-refractivity contribution in [3.05, 3.63) is 78.1 Å². The van der Waals surface area contributed by atoms with Crippen LogP contribution in [-0.2, 0) is 6.54 Å². The average molecular weight is 292 g/mol. The summed E-state index contributed by atoms with van der Waals surface area (Å²) in [6.45, 7) is 0.631. The lowest BCUT2D eigenvalue weighted by Crippen LogP contribution is -2.14. The first-order chi connectivity index (χ1) is 10.8. The normalized spacial score (nSPS) is 10.2. The third kappa shape index (κ3) is 3.32. The van der Waals surface area contributed by atoms with Crippen LogP contribution in [0.3, 0.4) is 0 Å². The van der Waals surface area contributed by atoms with Gasteiger partial charge < -0.3 is 10.6 Å². The van der Waals surface area contributed by atoms with Crippen LogP contribution in [0.1, 0.15) is 16.1 Å². The summed E-state index contributed by atoms with van der Waals surface area (Å²) in [5.74, 6) is -0.223. The number of nitrogens with one attached hydrogen (secondary N) is 3. The van der Waals surface area contributed by atoms with E-state index in [0.29, 0.717) is 17.9 Å². The quantitative estimate of drug-likeness (QED) is 0.676. The summed E-state index contributed by atoms with van der Waals surface area (Å²) < 4.78 is 0. The summed E-state index contributed by atoms with van der Waals surface area (Å²) in [6.07, 6.45) is 1.61. The van der Waals surface area contributed by atoms with Crippen molar-refractivity contribution >= 4 is 17.3 Å². The van der Waals surface area contributed by atoms with E-state index in [1.54, 1.807) is 6.20 Å². The zero-order valence-electron chi connectivity index (χ0n) is 11.9. The van der Waals surface area contributed by atoms with Crippen LogP contribution in [0.5, 0.6) is 0 Å². The van der Waals surface area contributed by atoms with Crippen molar-refractivity contribution in [2.75, 3.05) is 10.6 Å². The predicted octanol–water partition coefficient (Wildman–Crippen LogP) is 3.27. The maximum Gasteiger partial charge on any atom is 0.275 e. The maximum atomic E-state index is 12.3. The molecule has 0 aliphatic rings. The summed E-state index contributed by atoms with van der Waals surface area (Å²) in [5, 5.41) is 12.7. The number of H-pyrrole nitrogens is 1. The van der Waals surface area contributed by atoms with Crippen LogP contribution >= 0.6 is 0 Å². The van der Waals surface area contributed by atoms with E-state index in [1.807, 2.05) is 60.7 Å². The second-order valence-electron chi connectivity index (χ2n) is 4.82. The number of amides is 1. The van der Waals surface area contributed by atoms with E-state index < -0.39 is 0 Å². The highest BCUT2D eigenvalue weighted by atomic mass is 16.2. The smallest absolute Gasteiger partial charge is 0.275 e. The molecule has 0 aliphatic heterocycles. The first-order valence-corrected chi connectivity index (χ1v) is 7.00. The number of aromatic amines is 1. The summed E-state index contributed by atoms with van der Waals surface area (Å²) in [5.41, 5.74) is 2.98. The largest absolute Gasteiger partial charge is 0.378 e. The monoisotopic (exact) mass is 292 g/mol. The Morgan fingerprint density at radius 2 is 1.68 bits per heavy atom. The summed E-state index contributed by atoms with van der Waals surface area (Å²) in [4.78, 5) is 12.3. The molecular weight excluding hydrogens is 276 g/mol. The first-order valence-electron chi connectivity index (χ1n) is 7.00. The topological polar surface area (TPSA) is 69.8 Å². The molecule has 5 heteroatoms. The molecular formula is C17H16N4O.